The summed E-state index contributed by atoms with van der Waals surface area (Å²) >= 11 is 0. The van der Waals surface area contributed by atoms with Crippen LogP contribution in [-0.4, -0.2) is 26.4 Å². The van der Waals surface area contributed by atoms with Crippen LogP contribution >= 0.6 is 0 Å². The van der Waals surface area contributed by atoms with Gasteiger partial charge in [0.25, 0.3) is 5.91 Å². The first-order chi connectivity index (χ1) is 9.92. The summed E-state index contributed by atoms with van der Waals surface area (Å²) in [5.41, 5.74) is 1.23. The monoisotopic (exact) mass is 305 g/mol. The van der Waals surface area contributed by atoms with Crippen molar-refractivity contribution in [2.24, 2.45) is 0 Å². The summed E-state index contributed by atoms with van der Waals surface area (Å²) in [5, 5.41) is 2.62. The Morgan fingerprint density at radius 3 is 2.57 bits per heavy atom. The molecule has 0 fully saturated rings. The van der Waals surface area contributed by atoms with Crippen LogP contribution in [0.1, 0.15) is 15.9 Å². The number of carbonyl (C=O) groups is 1. The Kier molecular flexibility index (Phi) is 4.35. The lowest BCUT2D eigenvalue weighted by atomic mass is 10.2. The smallest absolute Gasteiger partial charge is 0.256 e. The number of benzene rings is 1. The van der Waals surface area contributed by atoms with E-state index in [2.05, 4.69) is 15.0 Å². The van der Waals surface area contributed by atoms with Gasteiger partial charge in [0.1, 0.15) is 5.82 Å². The quantitative estimate of drug-likeness (QED) is 0.897. The van der Waals surface area contributed by atoms with Crippen LogP contribution in [0.3, 0.4) is 0 Å². The summed E-state index contributed by atoms with van der Waals surface area (Å²) in [6, 6.07) is 9.30. The first-order valence-corrected chi connectivity index (χ1v) is 7.68. The lowest BCUT2D eigenvalue weighted by Gasteiger charge is -2.07. The Morgan fingerprint density at radius 1 is 1.19 bits per heavy atom. The molecule has 0 unspecified atom stereocenters. The van der Waals surface area contributed by atoms with Crippen molar-refractivity contribution >= 4 is 21.7 Å². The van der Waals surface area contributed by atoms with Crippen LogP contribution in [0.4, 0.5) is 5.82 Å². The fourth-order valence-corrected chi connectivity index (χ4v) is 2.43. The minimum atomic E-state index is -3.58. The fraction of sp³-hybridized carbons (Fsp3) is 0.143. The zero-order chi connectivity index (χ0) is 15.5. The molecule has 21 heavy (non-hydrogen) atoms. The van der Waals surface area contributed by atoms with Gasteiger partial charge in [-0.2, -0.15) is 0 Å². The van der Waals surface area contributed by atoms with Gasteiger partial charge in [0, 0.05) is 11.8 Å². The highest BCUT2D eigenvalue weighted by Gasteiger charge is 2.14. The number of sulfonamides is 1. The lowest BCUT2D eigenvalue weighted by Crippen LogP contribution is -2.19. The maximum atomic E-state index is 12.1. The number of amides is 1. The van der Waals surface area contributed by atoms with Crippen LogP contribution in [-0.2, 0) is 10.0 Å². The number of hydrogen-bond acceptors (Lipinski definition) is 4. The molecular formula is C14H15N3O3S. The second kappa shape index (κ2) is 6.02. The molecule has 0 saturated heterocycles. The van der Waals surface area contributed by atoms with Crippen molar-refractivity contribution < 1.29 is 13.2 Å². The van der Waals surface area contributed by atoms with Gasteiger partial charge in [-0.15, -0.1) is 0 Å². The Labute approximate surface area is 123 Å². The normalized spacial score (nSPS) is 11.1. The number of carbonyl (C=O) groups excluding carboxylic acids is 1. The molecule has 0 aliphatic carbocycles. The zero-order valence-electron chi connectivity index (χ0n) is 11.6. The van der Waals surface area contributed by atoms with Crippen LogP contribution in [0.2, 0.25) is 0 Å². The molecule has 1 aromatic heterocycles. The lowest BCUT2D eigenvalue weighted by molar-refractivity contribution is 0.102. The molecule has 2 rings (SSSR count). The number of nitrogens with zero attached hydrogens (tertiary/aromatic N) is 1. The van der Waals surface area contributed by atoms with Gasteiger partial charge in [0.15, 0.2) is 0 Å². The molecule has 6 nitrogen and oxygen atoms in total. The maximum Gasteiger partial charge on any atom is 0.256 e. The largest absolute Gasteiger partial charge is 0.307 e. The van der Waals surface area contributed by atoms with Gasteiger partial charge in [0.05, 0.1) is 4.90 Å². The number of aryl methyl sites for hydroxylation is 1. The van der Waals surface area contributed by atoms with Crippen molar-refractivity contribution in [3.05, 3.63) is 53.7 Å². The average molecular weight is 305 g/mol. The van der Waals surface area contributed by atoms with Crippen molar-refractivity contribution in [3.8, 4) is 0 Å². The van der Waals surface area contributed by atoms with Crippen LogP contribution in [0.25, 0.3) is 0 Å². The molecule has 0 saturated carbocycles. The van der Waals surface area contributed by atoms with Crippen molar-refractivity contribution in [2.75, 3.05) is 12.4 Å². The number of aromatic nitrogens is 1. The van der Waals surface area contributed by atoms with Gasteiger partial charge in [0.2, 0.25) is 10.0 Å². The minimum Gasteiger partial charge on any atom is -0.307 e. The Morgan fingerprint density at radius 2 is 1.95 bits per heavy atom. The van der Waals surface area contributed by atoms with E-state index in [1.54, 1.807) is 12.3 Å². The van der Waals surface area contributed by atoms with Gasteiger partial charge >= 0.3 is 0 Å². The van der Waals surface area contributed by atoms with Gasteiger partial charge in [-0.1, -0.05) is 12.1 Å². The third-order valence-corrected chi connectivity index (χ3v) is 4.24. The van der Waals surface area contributed by atoms with Gasteiger partial charge in [-0.25, -0.2) is 18.1 Å². The second-order valence-electron chi connectivity index (χ2n) is 4.41. The SMILES string of the molecule is CNS(=O)(=O)c1cccc(C(=O)Nc2ccc(C)cn2)c1. The van der Waals surface area contributed by atoms with E-state index >= 15 is 0 Å². The van der Waals surface area contributed by atoms with E-state index in [9.17, 15) is 13.2 Å². The summed E-state index contributed by atoms with van der Waals surface area (Å²) in [5.74, 6) is -0.00742. The Hall–Kier alpha value is -2.25. The van der Waals surface area contributed by atoms with Crippen molar-refractivity contribution in [1.82, 2.24) is 9.71 Å². The van der Waals surface area contributed by atoms with Crippen LogP contribution in [0.15, 0.2) is 47.5 Å². The predicted octanol–water partition coefficient (Wildman–Crippen LogP) is 1.55. The summed E-state index contributed by atoms with van der Waals surface area (Å²) in [4.78, 5) is 16.2. The second-order valence-corrected chi connectivity index (χ2v) is 6.30. The van der Waals surface area contributed by atoms with Gasteiger partial charge < -0.3 is 5.32 Å². The molecule has 1 heterocycles. The van der Waals surface area contributed by atoms with E-state index in [4.69, 9.17) is 0 Å². The third kappa shape index (κ3) is 3.65. The average Bonchev–Trinajstić information content (AvgIpc) is 2.49. The van der Waals surface area contributed by atoms with Gasteiger partial charge in [-0.3, -0.25) is 4.79 Å². The number of rotatable bonds is 4. The molecule has 0 radical (unpaired) electrons. The molecule has 2 aromatic rings. The summed E-state index contributed by atoms with van der Waals surface area (Å²) in [6.07, 6.45) is 1.64. The molecular weight excluding hydrogens is 290 g/mol. The Balaban J connectivity index is 2.24. The summed E-state index contributed by atoms with van der Waals surface area (Å²) in [7, 11) is -2.26. The molecule has 0 aliphatic heterocycles. The molecule has 1 aromatic carbocycles. The van der Waals surface area contributed by atoms with Crippen LogP contribution < -0.4 is 10.0 Å². The van der Waals surface area contributed by atoms with E-state index in [-0.39, 0.29) is 10.5 Å². The highest BCUT2D eigenvalue weighted by Crippen LogP contribution is 2.13. The van der Waals surface area contributed by atoms with Crippen LogP contribution in [0.5, 0.6) is 0 Å². The number of hydrogen-bond donors (Lipinski definition) is 2. The first kappa shape index (κ1) is 15.1. The molecule has 0 bridgehead atoms. The van der Waals surface area contributed by atoms with E-state index in [1.807, 2.05) is 13.0 Å². The van der Waals surface area contributed by atoms with Gasteiger partial charge in [-0.05, 0) is 43.8 Å². The number of nitrogens with one attached hydrogen (secondary N) is 2. The fourth-order valence-electron chi connectivity index (χ4n) is 1.65. The first-order valence-electron chi connectivity index (χ1n) is 6.20. The summed E-state index contributed by atoms with van der Waals surface area (Å²) < 4.78 is 25.6. The molecule has 1 amide bonds. The molecule has 0 atom stereocenters. The molecule has 110 valence electrons. The van der Waals surface area contributed by atoms with E-state index in [0.29, 0.717) is 5.82 Å². The van der Waals surface area contributed by atoms with E-state index < -0.39 is 15.9 Å². The predicted molar refractivity (Wildman–Crippen MR) is 79.6 cm³/mol. The number of pyridine rings is 1. The van der Waals surface area contributed by atoms with Crippen molar-refractivity contribution in [3.63, 3.8) is 0 Å². The highest BCUT2D eigenvalue weighted by molar-refractivity contribution is 7.89. The Bertz CT molecular complexity index is 755. The minimum absolute atomic E-state index is 0.0366. The number of anilines is 1. The summed E-state index contributed by atoms with van der Waals surface area (Å²) in [6.45, 7) is 1.89. The highest BCUT2D eigenvalue weighted by atomic mass is 32.2. The maximum absolute atomic E-state index is 12.1. The molecule has 0 aliphatic rings. The third-order valence-electron chi connectivity index (χ3n) is 2.83. The molecule has 7 heteroatoms. The van der Waals surface area contributed by atoms with E-state index in [1.165, 1.54) is 31.3 Å². The van der Waals surface area contributed by atoms with Crippen molar-refractivity contribution in [1.29, 1.82) is 0 Å². The molecule has 0 spiro atoms. The van der Waals surface area contributed by atoms with Crippen LogP contribution in [0, 0.1) is 6.92 Å². The standard InChI is InChI=1S/C14H15N3O3S/c1-10-6-7-13(16-9-10)17-14(18)11-4-3-5-12(8-11)21(19,20)15-2/h3-9,15H,1-2H3,(H,16,17,18). The zero-order valence-corrected chi connectivity index (χ0v) is 12.4. The van der Waals surface area contributed by atoms with E-state index in [0.717, 1.165) is 5.56 Å². The van der Waals surface area contributed by atoms with Crippen molar-refractivity contribution in [2.45, 2.75) is 11.8 Å². The molecule has 2 N–H and O–H groups in total. The topological polar surface area (TPSA) is 88.2 Å².